The van der Waals surface area contributed by atoms with Crippen LogP contribution >= 0.6 is 0 Å². The first-order valence-electron chi connectivity index (χ1n) is 3.81. The minimum Gasteiger partial charge on any atom is -0.399 e. The van der Waals surface area contributed by atoms with Crippen molar-refractivity contribution in [2.75, 3.05) is 0 Å². The molecule has 0 unspecified atom stereocenters. The summed E-state index contributed by atoms with van der Waals surface area (Å²) in [6.07, 6.45) is 0. The largest absolute Gasteiger partial charge is 0.399 e. The molecule has 0 aliphatic carbocycles. The highest BCUT2D eigenvalue weighted by molar-refractivity contribution is 5.70. The molecule has 15 heavy (non-hydrogen) atoms. The van der Waals surface area contributed by atoms with E-state index in [0.717, 1.165) is 12.1 Å². The summed E-state index contributed by atoms with van der Waals surface area (Å²) in [6.45, 7) is 3.35. The van der Waals surface area contributed by atoms with Crippen LogP contribution in [0.4, 0.5) is 11.4 Å². The Morgan fingerprint density at radius 1 is 1.27 bits per heavy atom. The van der Waals surface area contributed by atoms with E-state index < -0.39 is 15.5 Å². The van der Waals surface area contributed by atoms with Crippen molar-refractivity contribution < 1.29 is 9.85 Å². The highest BCUT2D eigenvalue weighted by atomic mass is 16.6. The number of nitrogens with zero attached hydrogens (tertiary/aromatic N) is 2. The quantitative estimate of drug-likeness (QED) is 0.597. The molecule has 2 N–H and O–H groups in total. The van der Waals surface area contributed by atoms with E-state index in [-0.39, 0.29) is 16.9 Å². The summed E-state index contributed by atoms with van der Waals surface area (Å²) in [7, 11) is 0. The number of nitro benzene ring substituents is 2. The van der Waals surface area contributed by atoms with Crippen LogP contribution < -0.4 is 5.73 Å². The lowest BCUT2D eigenvalue weighted by Gasteiger charge is -2.00. The maximum atomic E-state index is 10.6. The van der Waals surface area contributed by atoms with Crippen molar-refractivity contribution in [3.05, 3.63) is 50.6 Å². The van der Waals surface area contributed by atoms with Crippen molar-refractivity contribution in [2.24, 2.45) is 5.73 Å². The van der Waals surface area contributed by atoms with E-state index in [9.17, 15) is 20.2 Å². The van der Waals surface area contributed by atoms with E-state index in [1.165, 1.54) is 6.07 Å². The van der Waals surface area contributed by atoms with Crippen LogP contribution in [0.5, 0.6) is 0 Å². The maximum Gasteiger partial charge on any atom is 0.285 e. The highest BCUT2D eigenvalue weighted by Crippen LogP contribution is 2.27. The normalized spacial score (nSPS) is 9.60. The molecule has 0 saturated carbocycles. The molecule has 1 aromatic carbocycles. The molecule has 0 fully saturated rings. The number of hydrogen-bond donors (Lipinski definition) is 1. The van der Waals surface area contributed by atoms with Gasteiger partial charge in [-0.2, -0.15) is 0 Å². The first-order valence-corrected chi connectivity index (χ1v) is 3.81. The molecule has 0 aromatic heterocycles. The van der Waals surface area contributed by atoms with Crippen LogP contribution in [0.15, 0.2) is 24.8 Å². The van der Waals surface area contributed by atoms with Crippen molar-refractivity contribution >= 4 is 17.1 Å². The Balaban J connectivity index is 3.40. The molecule has 0 amide bonds. The molecule has 1 rings (SSSR count). The second kappa shape index (κ2) is 3.74. The van der Waals surface area contributed by atoms with Gasteiger partial charge in [0.2, 0.25) is 0 Å². The summed E-state index contributed by atoms with van der Waals surface area (Å²) in [4.78, 5) is 19.5. The van der Waals surface area contributed by atoms with Gasteiger partial charge >= 0.3 is 0 Å². The molecule has 7 nitrogen and oxygen atoms in total. The Labute approximate surface area is 84.1 Å². The minimum atomic E-state index is -0.736. The van der Waals surface area contributed by atoms with Gasteiger partial charge in [-0.25, -0.2) is 0 Å². The Hall–Kier alpha value is -2.44. The van der Waals surface area contributed by atoms with Crippen LogP contribution in [-0.2, 0) is 0 Å². The van der Waals surface area contributed by atoms with Crippen molar-refractivity contribution in [3.63, 3.8) is 0 Å². The topological polar surface area (TPSA) is 112 Å². The third-order valence-electron chi connectivity index (χ3n) is 1.73. The van der Waals surface area contributed by atoms with Gasteiger partial charge in [0.25, 0.3) is 11.4 Å². The Morgan fingerprint density at radius 2 is 1.87 bits per heavy atom. The van der Waals surface area contributed by atoms with E-state index in [4.69, 9.17) is 5.73 Å². The molecule has 0 aliphatic rings. The van der Waals surface area contributed by atoms with Gasteiger partial charge in [0.1, 0.15) is 0 Å². The first-order chi connectivity index (χ1) is 6.93. The zero-order chi connectivity index (χ0) is 11.6. The minimum absolute atomic E-state index is 0.00315. The number of non-ortho nitro benzene ring substituents is 1. The van der Waals surface area contributed by atoms with Crippen LogP contribution in [0.2, 0.25) is 0 Å². The lowest BCUT2D eigenvalue weighted by atomic mass is 10.1. The predicted octanol–water partition coefficient (Wildman–Crippen LogP) is 1.43. The molecule has 0 aliphatic heterocycles. The zero-order valence-electron chi connectivity index (χ0n) is 7.54. The molecule has 1 aromatic rings. The van der Waals surface area contributed by atoms with Crippen LogP contribution in [0.25, 0.3) is 5.70 Å². The summed E-state index contributed by atoms with van der Waals surface area (Å²) in [5, 5.41) is 21.0. The molecule has 78 valence electrons. The fourth-order valence-corrected chi connectivity index (χ4v) is 1.06. The fourth-order valence-electron chi connectivity index (χ4n) is 1.06. The van der Waals surface area contributed by atoms with Gasteiger partial charge in [-0.1, -0.05) is 6.58 Å². The molecule has 0 heterocycles. The summed E-state index contributed by atoms with van der Waals surface area (Å²) in [6, 6.07) is 3.20. The van der Waals surface area contributed by atoms with Crippen molar-refractivity contribution in [1.29, 1.82) is 0 Å². The number of benzene rings is 1. The SMILES string of the molecule is C=C(N)c1ccc([N+](=O)[O-])cc1[N+](=O)[O-]. The molecular formula is C8H7N3O4. The van der Waals surface area contributed by atoms with Crippen molar-refractivity contribution in [1.82, 2.24) is 0 Å². The number of nitrogens with two attached hydrogens (primary N) is 1. The van der Waals surface area contributed by atoms with Crippen LogP contribution in [0.3, 0.4) is 0 Å². The predicted molar refractivity (Wildman–Crippen MR) is 53.0 cm³/mol. The van der Waals surface area contributed by atoms with Crippen LogP contribution in [-0.4, -0.2) is 9.85 Å². The summed E-state index contributed by atoms with van der Waals surface area (Å²) >= 11 is 0. The first kappa shape index (κ1) is 10.6. The maximum absolute atomic E-state index is 10.6. The van der Waals surface area contributed by atoms with Crippen molar-refractivity contribution in [3.8, 4) is 0 Å². The standard InChI is InChI=1S/C8H7N3O4/c1-5(9)7-3-2-6(10(12)13)4-8(7)11(14)15/h2-4H,1,9H2. The van der Waals surface area contributed by atoms with Gasteiger partial charge in [-0.3, -0.25) is 20.2 Å². The molecular weight excluding hydrogens is 202 g/mol. The molecule has 0 bridgehead atoms. The summed E-state index contributed by atoms with van der Waals surface area (Å²) in [5.41, 5.74) is 4.62. The van der Waals surface area contributed by atoms with Gasteiger partial charge < -0.3 is 5.73 Å². The number of nitro groups is 2. The van der Waals surface area contributed by atoms with Crippen molar-refractivity contribution in [2.45, 2.75) is 0 Å². The van der Waals surface area contributed by atoms with E-state index in [1.54, 1.807) is 0 Å². The molecule has 0 saturated heterocycles. The summed E-state index contributed by atoms with van der Waals surface area (Å²) in [5.74, 6) is 0. The third kappa shape index (κ3) is 2.08. The van der Waals surface area contributed by atoms with Gasteiger partial charge in [-0.15, -0.1) is 0 Å². The molecule has 0 atom stereocenters. The lowest BCUT2D eigenvalue weighted by molar-refractivity contribution is -0.394. The molecule has 0 spiro atoms. The van der Waals surface area contributed by atoms with Gasteiger partial charge in [0, 0.05) is 11.8 Å². The zero-order valence-corrected chi connectivity index (χ0v) is 7.54. The van der Waals surface area contributed by atoms with E-state index in [2.05, 4.69) is 6.58 Å². The fraction of sp³-hybridized carbons (Fsp3) is 0. The Morgan fingerprint density at radius 3 is 2.27 bits per heavy atom. The molecule has 7 heteroatoms. The smallest absolute Gasteiger partial charge is 0.285 e. The number of rotatable bonds is 3. The van der Waals surface area contributed by atoms with Gasteiger partial charge in [0.05, 0.1) is 21.5 Å². The van der Waals surface area contributed by atoms with E-state index in [0.29, 0.717) is 0 Å². The van der Waals surface area contributed by atoms with E-state index >= 15 is 0 Å². The van der Waals surface area contributed by atoms with E-state index in [1.807, 2.05) is 0 Å². The number of hydrogen-bond acceptors (Lipinski definition) is 5. The Bertz CT molecular complexity index is 455. The summed E-state index contributed by atoms with van der Waals surface area (Å²) < 4.78 is 0. The van der Waals surface area contributed by atoms with Gasteiger partial charge in [-0.05, 0) is 6.07 Å². The highest BCUT2D eigenvalue weighted by Gasteiger charge is 2.19. The lowest BCUT2D eigenvalue weighted by Crippen LogP contribution is -2.01. The van der Waals surface area contributed by atoms with Crippen LogP contribution in [0, 0.1) is 20.2 Å². The second-order valence-corrected chi connectivity index (χ2v) is 2.74. The third-order valence-corrected chi connectivity index (χ3v) is 1.73. The average molecular weight is 209 g/mol. The Kier molecular flexibility index (Phi) is 2.65. The monoisotopic (exact) mass is 209 g/mol. The molecule has 0 radical (unpaired) electrons. The second-order valence-electron chi connectivity index (χ2n) is 2.74. The van der Waals surface area contributed by atoms with Gasteiger partial charge in [0.15, 0.2) is 0 Å². The average Bonchev–Trinajstić information content (AvgIpc) is 2.16. The van der Waals surface area contributed by atoms with Crippen LogP contribution in [0.1, 0.15) is 5.56 Å².